The fourth-order valence-electron chi connectivity index (χ4n) is 3.95. The predicted octanol–water partition coefficient (Wildman–Crippen LogP) is 5.88. The molecule has 32 heavy (non-hydrogen) atoms. The van der Waals surface area contributed by atoms with Crippen LogP contribution in [0.3, 0.4) is 0 Å². The van der Waals surface area contributed by atoms with Crippen molar-refractivity contribution in [3.8, 4) is 0 Å². The van der Waals surface area contributed by atoms with Gasteiger partial charge in [0.05, 0.1) is 11.5 Å². The van der Waals surface area contributed by atoms with Crippen molar-refractivity contribution in [1.29, 1.82) is 0 Å². The first-order valence-electron chi connectivity index (χ1n) is 12.1. The van der Waals surface area contributed by atoms with E-state index in [4.69, 9.17) is 9.47 Å². The highest BCUT2D eigenvalue weighted by Gasteiger charge is 2.52. The molecule has 5 heteroatoms. The maximum absolute atomic E-state index is 13.3. The Hall–Kier alpha value is -2.14. The van der Waals surface area contributed by atoms with Gasteiger partial charge in [0.25, 0.3) is 0 Å². The molecule has 0 bridgehead atoms. The molecule has 5 nitrogen and oxygen atoms in total. The summed E-state index contributed by atoms with van der Waals surface area (Å²) in [6, 6.07) is 0. The van der Waals surface area contributed by atoms with E-state index in [2.05, 4.69) is 26.0 Å². The summed E-state index contributed by atoms with van der Waals surface area (Å²) in [7, 11) is 0. The van der Waals surface area contributed by atoms with Gasteiger partial charge in [-0.3, -0.25) is 9.59 Å². The fraction of sp³-hybridized carbons (Fsp3) is 0.630. The molecular formula is C27H41NO4. The number of allylic oxidation sites excluding steroid dienone is 5. The van der Waals surface area contributed by atoms with Gasteiger partial charge in [-0.25, -0.2) is 0 Å². The van der Waals surface area contributed by atoms with Gasteiger partial charge in [-0.1, -0.05) is 32.9 Å². The van der Waals surface area contributed by atoms with Gasteiger partial charge in [0.2, 0.25) is 5.91 Å². The highest BCUT2D eigenvalue weighted by atomic mass is 16.5. The Morgan fingerprint density at radius 2 is 1.97 bits per heavy atom. The first kappa shape index (κ1) is 26.1. The predicted molar refractivity (Wildman–Crippen MR) is 129 cm³/mol. The van der Waals surface area contributed by atoms with Crippen molar-refractivity contribution in [1.82, 2.24) is 4.90 Å². The van der Waals surface area contributed by atoms with Crippen LogP contribution in [0.5, 0.6) is 0 Å². The van der Waals surface area contributed by atoms with Gasteiger partial charge in [0.15, 0.2) is 5.78 Å². The molecule has 2 rings (SSSR count). The standard InChI is InChI=1S/C27H41NO4/c1-7-12-23(31-24-13-10-9-11-14-24)16-15-21(3)25(30)28(19-8-2)20-26(5,6)32-27(17-18-27)22(4)29/h10,12-16,21H,7-9,11,17-20H2,1-6H3/b16-15-,23-12+. The third-order valence-electron chi connectivity index (χ3n) is 5.73. The Morgan fingerprint density at radius 1 is 1.25 bits per heavy atom. The van der Waals surface area contributed by atoms with E-state index in [9.17, 15) is 9.59 Å². The molecule has 1 fully saturated rings. The van der Waals surface area contributed by atoms with Crippen molar-refractivity contribution in [2.75, 3.05) is 13.1 Å². The maximum Gasteiger partial charge on any atom is 0.229 e. The average Bonchev–Trinajstić information content (AvgIpc) is 3.52. The second-order valence-electron chi connectivity index (χ2n) is 9.52. The maximum atomic E-state index is 13.3. The summed E-state index contributed by atoms with van der Waals surface area (Å²) in [5.41, 5.74) is -1.23. The Balaban J connectivity index is 2.03. The number of ketones is 1. The fourth-order valence-corrected chi connectivity index (χ4v) is 3.95. The molecule has 0 radical (unpaired) electrons. The molecule has 178 valence electrons. The van der Waals surface area contributed by atoms with Gasteiger partial charge in [-0.2, -0.15) is 0 Å². The molecule has 0 aliphatic heterocycles. The minimum atomic E-state index is -0.643. The summed E-state index contributed by atoms with van der Waals surface area (Å²) in [6.07, 6.45) is 17.3. The molecule has 0 saturated heterocycles. The quantitative estimate of drug-likeness (QED) is 0.263. The van der Waals surface area contributed by atoms with Crippen molar-refractivity contribution in [2.45, 2.75) is 91.3 Å². The molecule has 0 N–H and O–H groups in total. The first-order chi connectivity index (χ1) is 15.1. The van der Waals surface area contributed by atoms with Gasteiger partial charge in [0.1, 0.15) is 17.1 Å². The molecule has 1 amide bonds. The summed E-state index contributed by atoms with van der Waals surface area (Å²) in [4.78, 5) is 27.1. The number of nitrogens with zero attached hydrogens (tertiary/aromatic N) is 1. The first-order valence-corrected chi connectivity index (χ1v) is 12.1. The van der Waals surface area contributed by atoms with E-state index in [1.165, 1.54) is 0 Å². The van der Waals surface area contributed by atoms with Crippen LogP contribution in [0.1, 0.15) is 80.1 Å². The Morgan fingerprint density at radius 3 is 2.50 bits per heavy atom. The number of amides is 1. The number of hydrogen-bond acceptors (Lipinski definition) is 4. The second kappa shape index (κ2) is 11.6. The minimum absolute atomic E-state index is 0.0556. The van der Waals surface area contributed by atoms with Crippen LogP contribution >= 0.6 is 0 Å². The zero-order valence-electron chi connectivity index (χ0n) is 20.8. The summed E-state index contributed by atoms with van der Waals surface area (Å²) in [5.74, 6) is 1.45. The SMILES string of the molecule is CC/C=C(\C=C/C(C)C(=O)N(CCC)CC(C)(C)OC1(C(C)=O)CC1)OC1=CCCC=C1. The van der Waals surface area contributed by atoms with Crippen LogP contribution < -0.4 is 0 Å². The third-order valence-corrected chi connectivity index (χ3v) is 5.73. The zero-order valence-corrected chi connectivity index (χ0v) is 20.8. The molecule has 0 aromatic rings. The summed E-state index contributed by atoms with van der Waals surface area (Å²) >= 11 is 0. The van der Waals surface area contributed by atoms with E-state index in [0.717, 1.165) is 50.0 Å². The Bertz CT molecular complexity index is 783. The van der Waals surface area contributed by atoms with Crippen molar-refractivity contribution >= 4 is 11.7 Å². The van der Waals surface area contributed by atoms with E-state index in [0.29, 0.717) is 13.1 Å². The molecule has 0 aromatic heterocycles. The Kier molecular flexibility index (Phi) is 9.50. The van der Waals surface area contributed by atoms with Crippen LogP contribution in [0, 0.1) is 5.92 Å². The van der Waals surface area contributed by atoms with Gasteiger partial charge in [0, 0.05) is 13.1 Å². The number of carbonyl (C=O) groups excluding carboxylic acids is 2. The minimum Gasteiger partial charge on any atom is -0.458 e. The van der Waals surface area contributed by atoms with Crippen LogP contribution in [0.15, 0.2) is 48.0 Å². The highest BCUT2D eigenvalue weighted by molar-refractivity contribution is 5.88. The van der Waals surface area contributed by atoms with E-state index in [-0.39, 0.29) is 17.6 Å². The molecular weight excluding hydrogens is 402 g/mol. The molecule has 1 atom stereocenters. The van der Waals surface area contributed by atoms with Gasteiger partial charge >= 0.3 is 0 Å². The number of Topliss-reactive ketones (excluding diaryl/α,β-unsaturated/α-hetero) is 1. The summed E-state index contributed by atoms with van der Waals surface area (Å²) in [6.45, 7) is 12.7. The molecule has 1 saturated carbocycles. The lowest BCUT2D eigenvalue weighted by atomic mass is 10.0. The molecule has 2 aliphatic carbocycles. The third kappa shape index (κ3) is 7.77. The molecule has 2 aliphatic rings. The lowest BCUT2D eigenvalue weighted by Crippen LogP contribution is -2.48. The monoisotopic (exact) mass is 443 g/mol. The topological polar surface area (TPSA) is 55.8 Å². The van der Waals surface area contributed by atoms with Crippen molar-refractivity contribution in [3.63, 3.8) is 0 Å². The van der Waals surface area contributed by atoms with Gasteiger partial charge < -0.3 is 14.4 Å². The smallest absolute Gasteiger partial charge is 0.229 e. The summed E-state index contributed by atoms with van der Waals surface area (Å²) in [5, 5.41) is 0. The number of rotatable bonds is 13. The number of ether oxygens (including phenoxy) is 2. The van der Waals surface area contributed by atoms with Crippen molar-refractivity contribution < 1.29 is 19.1 Å². The number of hydrogen-bond donors (Lipinski definition) is 0. The van der Waals surface area contributed by atoms with E-state index < -0.39 is 11.2 Å². The van der Waals surface area contributed by atoms with Crippen LogP contribution in [-0.2, 0) is 19.1 Å². The summed E-state index contributed by atoms with van der Waals surface area (Å²) < 4.78 is 12.2. The molecule has 0 heterocycles. The van der Waals surface area contributed by atoms with E-state index in [1.54, 1.807) is 6.92 Å². The van der Waals surface area contributed by atoms with Crippen LogP contribution in [-0.4, -0.2) is 40.9 Å². The van der Waals surface area contributed by atoms with Crippen LogP contribution in [0.25, 0.3) is 0 Å². The lowest BCUT2D eigenvalue weighted by molar-refractivity contribution is -0.153. The van der Waals surface area contributed by atoms with E-state index >= 15 is 0 Å². The second-order valence-corrected chi connectivity index (χ2v) is 9.52. The zero-order chi connectivity index (χ0) is 23.8. The van der Waals surface area contributed by atoms with Crippen molar-refractivity contribution in [3.05, 3.63) is 48.0 Å². The normalized spacial score (nSPS) is 18.9. The lowest BCUT2D eigenvalue weighted by Gasteiger charge is -2.36. The Labute approximate surface area is 194 Å². The molecule has 0 aromatic carbocycles. The van der Waals surface area contributed by atoms with Crippen LogP contribution in [0.4, 0.5) is 0 Å². The largest absolute Gasteiger partial charge is 0.458 e. The van der Waals surface area contributed by atoms with Gasteiger partial charge in [-0.05, 0) is 83.6 Å². The van der Waals surface area contributed by atoms with Crippen LogP contribution in [0.2, 0.25) is 0 Å². The molecule has 0 spiro atoms. The number of carbonyl (C=O) groups is 2. The molecule has 1 unspecified atom stereocenters. The average molecular weight is 444 g/mol. The van der Waals surface area contributed by atoms with E-state index in [1.807, 2.05) is 50.0 Å². The highest BCUT2D eigenvalue weighted by Crippen LogP contribution is 2.43. The van der Waals surface area contributed by atoms with Crippen molar-refractivity contribution in [2.24, 2.45) is 5.92 Å². The van der Waals surface area contributed by atoms with Gasteiger partial charge in [-0.15, -0.1) is 0 Å².